The zero-order chi connectivity index (χ0) is 36.1. The molecule has 5 heteroatoms. The average Bonchev–Trinajstić information content (AvgIpc) is 3.76. The highest BCUT2D eigenvalue weighted by Crippen LogP contribution is 2.37. The quantitative estimate of drug-likeness (QED) is 0.173. The second-order valence-electron chi connectivity index (χ2n) is 17.4. The van der Waals surface area contributed by atoms with E-state index in [4.69, 9.17) is 9.84 Å². The lowest BCUT2D eigenvalue weighted by Crippen LogP contribution is -2.26. The predicted molar refractivity (Wildman–Crippen MR) is 210 cm³/mol. The van der Waals surface area contributed by atoms with Gasteiger partial charge in [-0.25, -0.2) is 4.68 Å². The second kappa shape index (κ2) is 12.8. The first-order valence-corrected chi connectivity index (χ1v) is 17.8. The number of benzene rings is 4. The van der Waals surface area contributed by atoms with Gasteiger partial charge in [0.1, 0.15) is 11.5 Å². The smallest absolute Gasteiger partial charge is 0.129 e. The molecule has 0 unspecified atom stereocenters. The monoisotopic (exact) mass is 666 g/mol. The summed E-state index contributed by atoms with van der Waals surface area (Å²) in [4.78, 5) is 4.60. The van der Waals surface area contributed by atoms with Crippen LogP contribution in [0.25, 0.3) is 5.69 Å². The number of nitrogens with zero attached hydrogens (tertiary/aromatic N) is 4. The number of aromatic nitrogens is 2. The highest BCUT2D eigenvalue weighted by molar-refractivity contribution is 5.63. The topological polar surface area (TPSA) is 33.5 Å². The molecule has 0 saturated carbocycles. The minimum absolute atomic E-state index is 0.0629. The van der Waals surface area contributed by atoms with E-state index in [1.165, 1.54) is 27.9 Å². The van der Waals surface area contributed by atoms with Crippen molar-refractivity contribution in [1.82, 2.24) is 9.78 Å². The molecule has 1 aromatic heterocycles. The Morgan fingerprint density at radius 3 is 1.68 bits per heavy atom. The van der Waals surface area contributed by atoms with Crippen molar-refractivity contribution in [2.45, 2.75) is 97.8 Å². The van der Waals surface area contributed by atoms with Crippen molar-refractivity contribution in [2.24, 2.45) is 0 Å². The number of anilines is 2. The molecular formula is C45H54N4O. The van der Waals surface area contributed by atoms with Gasteiger partial charge < -0.3 is 14.5 Å². The van der Waals surface area contributed by atoms with Gasteiger partial charge in [0.2, 0.25) is 0 Å². The Hall–Kier alpha value is -4.77. The highest BCUT2D eigenvalue weighted by Gasteiger charge is 2.26. The fraction of sp³-hybridized carbons (Fsp3) is 0.356. The van der Waals surface area contributed by atoms with Crippen molar-refractivity contribution < 1.29 is 4.74 Å². The maximum absolute atomic E-state index is 6.63. The van der Waals surface area contributed by atoms with Gasteiger partial charge in [-0.05, 0) is 74.9 Å². The fourth-order valence-corrected chi connectivity index (χ4v) is 6.28. The molecule has 0 amide bonds. The first-order chi connectivity index (χ1) is 23.4. The Morgan fingerprint density at radius 2 is 1.06 bits per heavy atom. The van der Waals surface area contributed by atoms with E-state index >= 15 is 0 Å². The SMILES string of the molecule is CC(C)(C)c1cc(Oc2cccc(N3C=CN(c4cc(C(C)(C)C)cc(C(C)(C)C)c4)C3)c2)cc(-n2cc(C(C)(C)c3ccccc3)cn2)c1. The first kappa shape index (κ1) is 35.1. The molecule has 1 aliphatic heterocycles. The standard InChI is InChI=1S/C45H54N4O/c1-42(2,3)33-22-34(43(4,5)6)24-38(23-33)48-21-20-47(31-48)37-18-15-19-40(27-37)50-41-26-35(44(7,8)9)25-39(28-41)49-30-36(29-46-49)45(10,11)32-16-13-12-14-17-32/h12-30H,31H2,1-11H3. The molecular weight excluding hydrogens is 613 g/mol. The number of hydrogen-bond donors (Lipinski definition) is 0. The molecule has 0 atom stereocenters. The lowest BCUT2D eigenvalue weighted by atomic mass is 9.80. The zero-order valence-electron chi connectivity index (χ0n) is 31.9. The van der Waals surface area contributed by atoms with Crippen molar-refractivity contribution in [3.63, 3.8) is 0 Å². The Kier molecular flexibility index (Phi) is 9.01. The summed E-state index contributed by atoms with van der Waals surface area (Å²) in [5.74, 6) is 1.58. The first-order valence-electron chi connectivity index (χ1n) is 17.8. The van der Waals surface area contributed by atoms with Crippen LogP contribution in [0.15, 0.2) is 116 Å². The minimum atomic E-state index is -0.176. The van der Waals surface area contributed by atoms with Crippen LogP contribution >= 0.6 is 0 Å². The van der Waals surface area contributed by atoms with E-state index in [0.717, 1.165) is 35.1 Å². The highest BCUT2D eigenvalue weighted by atomic mass is 16.5. The van der Waals surface area contributed by atoms with Crippen LogP contribution in [-0.4, -0.2) is 16.4 Å². The van der Waals surface area contributed by atoms with Crippen LogP contribution in [0.3, 0.4) is 0 Å². The van der Waals surface area contributed by atoms with Crippen LogP contribution < -0.4 is 14.5 Å². The summed E-state index contributed by atoms with van der Waals surface area (Å²) in [5.41, 5.74) is 9.46. The molecule has 0 spiro atoms. The van der Waals surface area contributed by atoms with Crippen molar-refractivity contribution in [3.8, 4) is 17.2 Å². The van der Waals surface area contributed by atoms with Crippen molar-refractivity contribution in [1.29, 1.82) is 0 Å². The third kappa shape index (κ3) is 7.52. The van der Waals surface area contributed by atoms with E-state index in [0.29, 0.717) is 0 Å². The number of rotatable bonds is 7. The Balaban J connectivity index is 1.25. The average molecular weight is 667 g/mol. The lowest BCUT2D eigenvalue weighted by molar-refractivity contribution is 0.478. The molecule has 0 bridgehead atoms. The Morgan fingerprint density at radius 1 is 0.500 bits per heavy atom. The van der Waals surface area contributed by atoms with E-state index < -0.39 is 0 Å². The summed E-state index contributed by atoms with van der Waals surface area (Å²) in [6, 6.07) is 32.5. The molecule has 260 valence electrons. The van der Waals surface area contributed by atoms with Crippen LogP contribution in [0.4, 0.5) is 11.4 Å². The van der Waals surface area contributed by atoms with Gasteiger partial charge in [0.25, 0.3) is 0 Å². The van der Waals surface area contributed by atoms with Gasteiger partial charge >= 0.3 is 0 Å². The summed E-state index contributed by atoms with van der Waals surface area (Å²) in [7, 11) is 0. The van der Waals surface area contributed by atoms with Gasteiger partial charge in [-0.1, -0.05) is 119 Å². The molecule has 1 aliphatic rings. The molecule has 50 heavy (non-hydrogen) atoms. The Labute approximate surface area is 300 Å². The second-order valence-corrected chi connectivity index (χ2v) is 17.4. The molecule has 2 heterocycles. The van der Waals surface area contributed by atoms with Crippen LogP contribution in [0, 0.1) is 0 Å². The maximum Gasteiger partial charge on any atom is 0.129 e. The summed E-state index contributed by atoms with van der Waals surface area (Å²) in [5, 5.41) is 4.83. The predicted octanol–water partition coefficient (Wildman–Crippen LogP) is 11.6. The Bertz CT molecular complexity index is 1970. The van der Waals surface area contributed by atoms with E-state index in [-0.39, 0.29) is 21.7 Å². The minimum Gasteiger partial charge on any atom is -0.457 e. The molecule has 0 fully saturated rings. The number of ether oxygens (including phenoxy) is 1. The van der Waals surface area contributed by atoms with Gasteiger partial charge in [0, 0.05) is 53.1 Å². The fourth-order valence-electron chi connectivity index (χ4n) is 6.28. The van der Waals surface area contributed by atoms with E-state index in [1.807, 2.05) is 16.9 Å². The normalized spacial score (nSPS) is 14.1. The van der Waals surface area contributed by atoms with Crippen molar-refractivity contribution in [3.05, 3.63) is 144 Å². The van der Waals surface area contributed by atoms with Gasteiger partial charge in [-0.2, -0.15) is 5.10 Å². The third-order valence-electron chi connectivity index (χ3n) is 9.92. The third-order valence-corrected chi connectivity index (χ3v) is 9.92. The van der Waals surface area contributed by atoms with Gasteiger partial charge in [0.05, 0.1) is 18.6 Å². The van der Waals surface area contributed by atoms with E-state index in [9.17, 15) is 0 Å². The van der Waals surface area contributed by atoms with Crippen LogP contribution in [-0.2, 0) is 21.7 Å². The molecule has 4 aromatic carbocycles. The molecule has 0 N–H and O–H groups in total. The molecule has 0 saturated heterocycles. The number of hydrogen-bond acceptors (Lipinski definition) is 4. The molecule has 6 rings (SSSR count). The van der Waals surface area contributed by atoms with Crippen LogP contribution in [0.1, 0.15) is 104 Å². The molecule has 5 nitrogen and oxygen atoms in total. The molecule has 0 aliphatic carbocycles. The summed E-state index contributed by atoms with van der Waals surface area (Å²) in [6.45, 7) is 25.6. The largest absolute Gasteiger partial charge is 0.457 e. The van der Waals surface area contributed by atoms with Gasteiger partial charge in [-0.3, -0.25) is 0 Å². The van der Waals surface area contributed by atoms with Crippen LogP contribution in [0.5, 0.6) is 11.5 Å². The summed E-state index contributed by atoms with van der Waals surface area (Å²) < 4.78 is 8.61. The maximum atomic E-state index is 6.63. The van der Waals surface area contributed by atoms with Gasteiger partial charge in [0.15, 0.2) is 0 Å². The zero-order valence-corrected chi connectivity index (χ0v) is 31.9. The van der Waals surface area contributed by atoms with Gasteiger partial charge in [-0.15, -0.1) is 0 Å². The molecule has 5 aromatic rings. The van der Waals surface area contributed by atoms with Crippen molar-refractivity contribution >= 4 is 11.4 Å². The summed E-state index contributed by atoms with van der Waals surface area (Å²) >= 11 is 0. The molecule has 0 radical (unpaired) electrons. The lowest BCUT2D eigenvalue weighted by Gasteiger charge is -2.29. The summed E-state index contributed by atoms with van der Waals surface area (Å²) in [6.07, 6.45) is 8.46. The van der Waals surface area contributed by atoms with Crippen LogP contribution in [0.2, 0.25) is 0 Å². The van der Waals surface area contributed by atoms with Crippen molar-refractivity contribution in [2.75, 3.05) is 16.5 Å². The van der Waals surface area contributed by atoms with E-state index in [1.54, 1.807) is 0 Å². The van der Waals surface area contributed by atoms with E-state index in [2.05, 4.69) is 189 Å².